The van der Waals surface area contributed by atoms with Crippen molar-refractivity contribution >= 4 is 11.9 Å². The number of likely N-dealkylation sites (N-methyl/N-ethyl adjacent to an activating group) is 1. The second-order valence-electron chi connectivity index (χ2n) is 4.92. The summed E-state index contributed by atoms with van der Waals surface area (Å²) >= 11 is 0. The largest absolute Gasteiger partial charge is 0.480 e. The molecule has 2 aliphatic heterocycles. The Bertz CT molecular complexity index is 334. The predicted octanol–water partition coefficient (Wildman–Crippen LogP) is -0.313. The topological polar surface area (TPSA) is 78.9 Å². The van der Waals surface area contributed by atoms with Crippen LogP contribution < -0.4 is 5.32 Å². The van der Waals surface area contributed by atoms with Gasteiger partial charge in [-0.15, -0.1) is 0 Å². The molecular formula is C12H20N2O4. The smallest absolute Gasteiger partial charge is 0.326 e. The maximum atomic E-state index is 12.4. The highest BCUT2D eigenvalue weighted by atomic mass is 16.5. The summed E-state index contributed by atoms with van der Waals surface area (Å²) in [6, 6.07) is -0.668. The minimum absolute atomic E-state index is 0.00567. The molecule has 0 radical (unpaired) electrons. The van der Waals surface area contributed by atoms with Crippen molar-refractivity contribution in [2.24, 2.45) is 5.92 Å². The second-order valence-corrected chi connectivity index (χ2v) is 4.92. The zero-order valence-corrected chi connectivity index (χ0v) is 10.6. The van der Waals surface area contributed by atoms with Gasteiger partial charge in [-0.2, -0.15) is 0 Å². The standard InChI is InChI=1S/C12H20N2O4/c1-13-9-7-18-6-8(9)11(15)14-5-3-2-4-10(14)12(16)17/h8-10,13H,2-7H2,1H3,(H,16,17)/t8?,9?,10-/m1/s1. The van der Waals surface area contributed by atoms with Crippen molar-refractivity contribution in [2.75, 3.05) is 26.8 Å². The number of hydrogen-bond donors (Lipinski definition) is 2. The molecule has 2 unspecified atom stereocenters. The van der Waals surface area contributed by atoms with Crippen LogP contribution in [0.3, 0.4) is 0 Å². The number of piperidine rings is 1. The van der Waals surface area contributed by atoms with Crippen molar-refractivity contribution in [3.8, 4) is 0 Å². The SMILES string of the molecule is CNC1COCC1C(=O)N1CCCC[C@@H]1C(=O)O. The Morgan fingerprint density at radius 1 is 1.33 bits per heavy atom. The summed E-state index contributed by atoms with van der Waals surface area (Å²) < 4.78 is 5.31. The molecule has 1 amide bonds. The van der Waals surface area contributed by atoms with Crippen molar-refractivity contribution in [3.63, 3.8) is 0 Å². The number of carbonyl (C=O) groups is 2. The number of amides is 1. The van der Waals surface area contributed by atoms with E-state index in [2.05, 4.69) is 5.32 Å². The molecule has 2 rings (SSSR count). The third-order valence-corrected chi connectivity index (χ3v) is 3.84. The number of rotatable bonds is 3. The number of nitrogens with one attached hydrogen (secondary N) is 1. The molecule has 102 valence electrons. The Hall–Kier alpha value is -1.14. The maximum Gasteiger partial charge on any atom is 0.326 e. The van der Waals surface area contributed by atoms with Gasteiger partial charge in [-0.3, -0.25) is 4.79 Å². The first-order valence-electron chi connectivity index (χ1n) is 6.43. The molecule has 0 aromatic heterocycles. The van der Waals surface area contributed by atoms with Crippen molar-refractivity contribution in [1.29, 1.82) is 0 Å². The lowest BCUT2D eigenvalue weighted by Gasteiger charge is -2.35. The van der Waals surface area contributed by atoms with E-state index in [1.165, 1.54) is 4.90 Å². The summed E-state index contributed by atoms with van der Waals surface area (Å²) in [6.07, 6.45) is 2.31. The molecule has 3 atom stereocenters. The van der Waals surface area contributed by atoms with Crippen LogP contribution in [0.25, 0.3) is 0 Å². The molecule has 0 aromatic carbocycles. The lowest BCUT2D eigenvalue weighted by molar-refractivity contribution is -0.154. The summed E-state index contributed by atoms with van der Waals surface area (Å²) in [5.74, 6) is -1.24. The van der Waals surface area contributed by atoms with Crippen molar-refractivity contribution in [1.82, 2.24) is 10.2 Å². The van der Waals surface area contributed by atoms with E-state index >= 15 is 0 Å². The first-order chi connectivity index (χ1) is 8.65. The van der Waals surface area contributed by atoms with E-state index in [-0.39, 0.29) is 17.9 Å². The van der Waals surface area contributed by atoms with Gasteiger partial charge in [0.15, 0.2) is 0 Å². The van der Waals surface area contributed by atoms with Crippen molar-refractivity contribution < 1.29 is 19.4 Å². The van der Waals surface area contributed by atoms with Crippen LogP contribution in [0.2, 0.25) is 0 Å². The molecule has 0 aromatic rings. The first kappa shape index (κ1) is 13.3. The highest BCUT2D eigenvalue weighted by Gasteiger charge is 2.40. The number of carbonyl (C=O) groups excluding carboxylic acids is 1. The highest BCUT2D eigenvalue weighted by molar-refractivity contribution is 5.86. The molecule has 0 spiro atoms. The minimum Gasteiger partial charge on any atom is -0.480 e. The average molecular weight is 256 g/mol. The molecule has 2 fully saturated rings. The Morgan fingerprint density at radius 2 is 2.11 bits per heavy atom. The number of carboxylic acids is 1. The van der Waals surface area contributed by atoms with Gasteiger partial charge in [-0.1, -0.05) is 0 Å². The van der Waals surface area contributed by atoms with Crippen LogP contribution in [-0.4, -0.2) is 60.8 Å². The quantitative estimate of drug-likeness (QED) is 0.724. The number of carboxylic acid groups (broad SMARTS) is 1. The van der Waals surface area contributed by atoms with E-state index in [1.54, 1.807) is 7.05 Å². The predicted molar refractivity (Wildman–Crippen MR) is 64.1 cm³/mol. The zero-order valence-electron chi connectivity index (χ0n) is 10.6. The van der Waals surface area contributed by atoms with E-state index in [0.29, 0.717) is 26.2 Å². The van der Waals surface area contributed by atoms with E-state index < -0.39 is 12.0 Å². The van der Waals surface area contributed by atoms with E-state index in [1.807, 2.05) is 0 Å². The van der Waals surface area contributed by atoms with Crippen LogP contribution in [0.5, 0.6) is 0 Å². The molecule has 2 aliphatic rings. The molecule has 0 saturated carbocycles. The number of aliphatic carboxylic acids is 1. The van der Waals surface area contributed by atoms with Gasteiger partial charge in [0.25, 0.3) is 0 Å². The molecule has 0 aliphatic carbocycles. The summed E-state index contributed by atoms with van der Waals surface area (Å²) in [5, 5.41) is 12.2. The maximum absolute atomic E-state index is 12.4. The number of likely N-dealkylation sites (tertiary alicyclic amines) is 1. The van der Waals surface area contributed by atoms with Gasteiger partial charge in [-0.25, -0.2) is 4.79 Å². The van der Waals surface area contributed by atoms with Crippen molar-refractivity contribution in [2.45, 2.75) is 31.3 Å². The fourth-order valence-electron chi connectivity index (χ4n) is 2.75. The number of nitrogens with zero attached hydrogens (tertiary/aromatic N) is 1. The Labute approximate surface area is 106 Å². The summed E-state index contributed by atoms with van der Waals surface area (Å²) in [7, 11) is 1.80. The molecule has 2 heterocycles. The summed E-state index contributed by atoms with van der Waals surface area (Å²) in [5.41, 5.74) is 0. The van der Waals surface area contributed by atoms with Gasteiger partial charge in [0, 0.05) is 12.6 Å². The monoisotopic (exact) mass is 256 g/mol. The van der Waals surface area contributed by atoms with Crippen LogP contribution in [0.15, 0.2) is 0 Å². The fourth-order valence-corrected chi connectivity index (χ4v) is 2.75. The molecule has 6 nitrogen and oxygen atoms in total. The van der Waals surface area contributed by atoms with Crippen LogP contribution in [0.4, 0.5) is 0 Å². The average Bonchev–Trinajstić information content (AvgIpc) is 2.86. The third-order valence-electron chi connectivity index (χ3n) is 3.84. The molecule has 18 heavy (non-hydrogen) atoms. The van der Waals surface area contributed by atoms with Crippen LogP contribution in [-0.2, 0) is 14.3 Å². The summed E-state index contributed by atoms with van der Waals surface area (Å²) in [6.45, 7) is 1.44. The van der Waals surface area contributed by atoms with Gasteiger partial charge < -0.3 is 20.1 Å². The Kier molecular flexibility index (Phi) is 4.19. The highest BCUT2D eigenvalue weighted by Crippen LogP contribution is 2.23. The van der Waals surface area contributed by atoms with Gasteiger partial charge in [0.1, 0.15) is 6.04 Å². The minimum atomic E-state index is -0.900. The third kappa shape index (κ3) is 2.49. The van der Waals surface area contributed by atoms with Crippen LogP contribution in [0, 0.1) is 5.92 Å². The van der Waals surface area contributed by atoms with Gasteiger partial charge in [-0.05, 0) is 26.3 Å². The lowest BCUT2D eigenvalue weighted by Crippen LogP contribution is -2.53. The fraction of sp³-hybridized carbons (Fsp3) is 0.833. The summed E-state index contributed by atoms with van der Waals surface area (Å²) in [4.78, 5) is 25.1. The molecular weight excluding hydrogens is 236 g/mol. The second kappa shape index (κ2) is 5.67. The first-order valence-corrected chi connectivity index (χ1v) is 6.43. The Morgan fingerprint density at radius 3 is 2.78 bits per heavy atom. The van der Waals surface area contributed by atoms with Crippen LogP contribution >= 0.6 is 0 Å². The normalized spacial score (nSPS) is 32.5. The zero-order chi connectivity index (χ0) is 13.1. The number of ether oxygens (including phenoxy) is 1. The van der Waals surface area contributed by atoms with E-state index in [9.17, 15) is 14.7 Å². The molecule has 2 saturated heterocycles. The van der Waals surface area contributed by atoms with Gasteiger partial charge in [0.2, 0.25) is 5.91 Å². The van der Waals surface area contributed by atoms with E-state index in [4.69, 9.17) is 4.74 Å². The molecule has 2 N–H and O–H groups in total. The van der Waals surface area contributed by atoms with Gasteiger partial charge >= 0.3 is 5.97 Å². The number of hydrogen-bond acceptors (Lipinski definition) is 4. The van der Waals surface area contributed by atoms with E-state index in [0.717, 1.165) is 12.8 Å². The van der Waals surface area contributed by atoms with Crippen LogP contribution in [0.1, 0.15) is 19.3 Å². The molecule has 6 heteroatoms. The van der Waals surface area contributed by atoms with Crippen molar-refractivity contribution in [3.05, 3.63) is 0 Å². The van der Waals surface area contributed by atoms with Gasteiger partial charge in [0.05, 0.1) is 19.1 Å². The Balaban J connectivity index is 2.08. The lowest BCUT2D eigenvalue weighted by atomic mass is 9.96. The molecule has 0 bridgehead atoms.